The van der Waals surface area contributed by atoms with E-state index in [0.29, 0.717) is 12.1 Å². The Bertz CT molecular complexity index is 525. The van der Waals surface area contributed by atoms with Crippen molar-refractivity contribution in [1.29, 1.82) is 0 Å². The number of carbonyl (C=O) groups excluding carboxylic acids is 1. The summed E-state index contributed by atoms with van der Waals surface area (Å²) in [6.45, 7) is 6.28. The Morgan fingerprint density at radius 2 is 1.79 bits per heavy atom. The fraction of sp³-hybridized carbons (Fsp3) is 0.650. The molecule has 1 aliphatic carbocycles. The number of anilines is 1. The molecule has 3 rings (SSSR count). The quantitative estimate of drug-likeness (QED) is 0.871. The Morgan fingerprint density at radius 1 is 1.08 bits per heavy atom. The Hall–Kier alpha value is -1.55. The Labute approximate surface area is 146 Å². The van der Waals surface area contributed by atoms with Gasteiger partial charge in [0.05, 0.1) is 6.04 Å². The molecular weight excluding hydrogens is 298 g/mol. The van der Waals surface area contributed by atoms with E-state index in [2.05, 4.69) is 46.7 Å². The predicted molar refractivity (Wildman–Crippen MR) is 99.1 cm³/mol. The summed E-state index contributed by atoms with van der Waals surface area (Å²) in [5.41, 5.74) is 1.16. The lowest BCUT2D eigenvalue weighted by atomic mass is 9.87. The van der Waals surface area contributed by atoms with Crippen LogP contribution >= 0.6 is 0 Å². The van der Waals surface area contributed by atoms with Gasteiger partial charge in [0, 0.05) is 30.9 Å². The van der Waals surface area contributed by atoms with Gasteiger partial charge in [-0.15, -0.1) is 0 Å². The normalized spacial score (nSPS) is 29.2. The molecule has 0 aromatic heterocycles. The second-order valence-corrected chi connectivity index (χ2v) is 7.63. The maximum Gasteiger partial charge on any atom is 0.237 e. The van der Waals surface area contributed by atoms with Gasteiger partial charge in [0.2, 0.25) is 5.91 Å². The molecule has 1 saturated carbocycles. The Morgan fingerprint density at radius 3 is 2.50 bits per heavy atom. The molecule has 4 heteroatoms. The number of hydrogen-bond acceptors (Lipinski definition) is 3. The second kappa shape index (κ2) is 8.02. The van der Waals surface area contributed by atoms with Crippen molar-refractivity contribution in [1.82, 2.24) is 10.2 Å². The minimum atomic E-state index is -0.0353. The molecule has 2 fully saturated rings. The van der Waals surface area contributed by atoms with Crippen LogP contribution in [-0.4, -0.2) is 42.0 Å². The summed E-state index contributed by atoms with van der Waals surface area (Å²) in [5, 5.41) is 6.86. The van der Waals surface area contributed by atoms with Gasteiger partial charge in [0.1, 0.15) is 0 Å². The fourth-order valence-electron chi connectivity index (χ4n) is 3.92. The van der Waals surface area contributed by atoms with E-state index in [1.807, 2.05) is 13.0 Å². The topological polar surface area (TPSA) is 44.4 Å². The summed E-state index contributed by atoms with van der Waals surface area (Å²) in [5.74, 6) is 1.02. The van der Waals surface area contributed by atoms with Crippen LogP contribution in [0.15, 0.2) is 30.3 Å². The highest BCUT2D eigenvalue weighted by atomic mass is 16.2. The van der Waals surface area contributed by atoms with Crippen LogP contribution in [0.2, 0.25) is 0 Å². The zero-order chi connectivity index (χ0) is 16.9. The first kappa shape index (κ1) is 17.3. The second-order valence-electron chi connectivity index (χ2n) is 7.63. The molecule has 2 N–H and O–H groups in total. The van der Waals surface area contributed by atoms with Crippen molar-refractivity contribution >= 4 is 11.6 Å². The number of nitrogens with one attached hydrogen (secondary N) is 2. The molecule has 2 unspecified atom stereocenters. The number of rotatable bonds is 5. The first-order chi connectivity index (χ1) is 11.6. The molecule has 2 aliphatic rings. The van der Waals surface area contributed by atoms with Gasteiger partial charge in [-0.25, -0.2) is 0 Å². The van der Waals surface area contributed by atoms with Crippen molar-refractivity contribution < 1.29 is 4.79 Å². The van der Waals surface area contributed by atoms with Crippen LogP contribution in [0, 0.1) is 5.92 Å². The van der Waals surface area contributed by atoms with Crippen molar-refractivity contribution in [2.75, 3.05) is 18.4 Å². The van der Waals surface area contributed by atoms with Gasteiger partial charge < -0.3 is 10.6 Å². The molecule has 0 bridgehead atoms. The fourth-order valence-corrected chi connectivity index (χ4v) is 3.92. The Balaban J connectivity index is 1.45. The monoisotopic (exact) mass is 329 g/mol. The number of amides is 1. The lowest BCUT2D eigenvalue weighted by molar-refractivity contribution is -0.126. The summed E-state index contributed by atoms with van der Waals surface area (Å²) >= 11 is 0. The third kappa shape index (κ3) is 4.50. The molecule has 1 heterocycles. The highest BCUT2D eigenvalue weighted by Gasteiger charge is 2.30. The van der Waals surface area contributed by atoms with E-state index in [1.54, 1.807) is 0 Å². The lowest BCUT2D eigenvalue weighted by Crippen LogP contribution is -2.48. The van der Waals surface area contributed by atoms with Gasteiger partial charge in [-0.2, -0.15) is 0 Å². The summed E-state index contributed by atoms with van der Waals surface area (Å²) in [6.07, 6.45) is 5.85. The molecular formula is C20H31N3O. The highest BCUT2D eigenvalue weighted by molar-refractivity contribution is 5.81. The van der Waals surface area contributed by atoms with E-state index in [-0.39, 0.29) is 11.9 Å². The van der Waals surface area contributed by atoms with E-state index in [1.165, 1.54) is 12.8 Å². The average Bonchev–Trinajstić information content (AvgIpc) is 3.05. The number of carbonyl (C=O) groups is 1. The molecule has 1 aromatic carbocycles. The molecule has 132 valence electrons. The minimum absolute atomic E-state index is 0.0353. The maximum absolute atomic E-state index is 12.6. The van der Waals surface area contributed by atoms with Crippen LogP contribution in [0.3, 0.4) is 0 Å². The predicted octanol–water partition coefficient (Wildman–Crippen LogP) is 3.26. The van der Waals surface area contributed by atoms with Gasteiger partial charge in [-0.1, -0.05) is 25.1 Å². The third-order valence-corrected chi connectivity index (χ3v) is 5.65. The summed E-state index contributed by atoms with van der Waals surface area (Å²) < 4.78 is 0. The third-order valence-electron chi connectivity index (χ3n) is 5.65. The van der Waals surface area contributed by atoms with E-state index >= 15 is 0 Å². The minimum Gasteiger partial charge on any atom is -0.381 e. The van der Waals surface area contributed by atoms with Gasteiger partial charge in [-0.05, 0) is 57.1 Å². The van der Waals surface area contributed by atoms with E-state index in [4.69, 9.17) is 0 Å². The van der Waals surface area contributed by atoms with E-state index in [0.717, 1.165) is 44.0 Å². The first-order valence-corrected chi connectivity index (χ1v) is 9.48. The van der Waals surface area contributed by atoms with E-state index in [9.17, 15) is 4.79 Å². The number of benzene rings is 1. The molecule has 1 saturated heterocycles. The standard InChI is InChI=1S/C20H31N3O/c1-15-8-10-18(11-9-15)22-20(24)16(2)23-13-12-19(14-23)21-17-6-4-3-5-7-17/h3-7,15-16,18-19,21H,8-14H2,1-2H3,(H,22,24). The smallest absolute Gasteiger partial charge is 0.237 e. The van der Waals surface area contributed by atoms with Crippen molar-refractivity contribution in [3.63, 3.8) is 0 Å². The van der Waals surface area contributed by atoms with Gasteiger partial charge in [-0.3, -0.25) is 9.69 Å². The molecule has 24 heavy (non-hydrogen) atoms. The zero-order valence-corrected chi connectivity index (χ0v) is 15.0. The maximum atomic E-state index is 12.6. The van der Waals surface area contributed by atoms with Crippen LogP contribution in [0.25, 0.3) is 0 Å². The van der Waals surface area contributed by atoms with Gasteiger partial charge in [0.25, 0.3) is 0 Å². The molecule has 2 atom stereocenters. The van der Waals surface area contributed by atoms with Crippen LogP contribution in [0.4, 0.5) is 5.69 Å². The van der Waals surface area contributed by atoms with Crippen molar-refractivity contribution in [2.24, 2.45) is 5.92 Å². The Kier molecular flexibility index (Phi) is 5.77. The number of nitrogens with zero attached hydrogens (tertiary/aromatic N) is 1. The molecule has 4 nitrogen and oxygen atoms in total. The van der Waals surface area contributed by atoms with Crippen molar-refractivity contribution in [2.45, 2.75) is 64.1 Å². The number of likely N-dealkylation sites (tertiary alicyclic amines) is 1. The summed E-state index contributed by atoms with van der Waals surface area (Å²) in [7, 11) is 0. The van der Waals surface area contributed by atoms with Crippen molar-refractivity contribution in [3.8, 4) is 0 Å². The van der Waals surface area contributed by atoms with Crippen molar-refractivity contribution in [3.05, 3.63) is 30.3 Å². The SMILES string of the molecule is CC1CCC(NC(=O)C(C)N2CCC(Nc3ccccc3)C2)CC1. The first-order valence-electron chi connectivity index (χ1n) is 9.48. The van der Waals surface area contributed by atoms with Crippen LogP contribution in [0.1, 0.15) is 46.0 Å². The van der Waals surface area contributed by atoms with Gasteiger partial charge in [0.15, 0.2) is 0 Å². The number of para-hydroxylation sites is 1. The molecule has 0 radical (unpaired) electrons. The molecule has 1 aromatic rings. The van der Waals surface area contributed by atoms with Gasteiger partial charge >= 0.3 is 0 Å². The molecule has 0 spiro atoms. The number of hydrogen-bond donors (Lipinski definition) is 2. The molecule has 1 aliphatic heterocycles. The average molecular weight is 329 g/mol. The van der Waals surface area contributed by atoms with Crippen LogP contribution in [-0.2, 0) is 4.79 Å². The summed E-state index contributed by atoms with van der Waals surface area (Å²) in [4.78, 5) is 14.9. The van der Waals surface area contributed by atoms with E-state index < -0.39 is 0 Å². The highest BCUT2D eigenvalue weighted by Crippen LogP contribution is 2.24. The zero-order valence-electron chi connectivity index (χ0n) is 15.0. The summed E-state index contributed by atoms with van der Waals surface area (Å²) in [6, 6.07) is 11.1. The van der Waals surface area contributed by atoms with Crippen LogP contribution in [0.5, 0.6) is 0 Å². The lowest BCUT2D eigenvalue weighted by Gasteiger charge is -2.30. The largest absolute Gasteiger partial charge is 0.381 e. The molecule has 1 amide bonds. The van der Waals surface area contributed by atoms with Crippen LogP contribution < -0.4 is 10.6 Å².